The highest BCUT2D eigenvalue weighted by molar-refractivity contribution is 5.73. The molecule has 4 nitrogen and oxygen atoms in total. The lowest BCUT2D eigenvalue weighted by Crippen LogP contribution is -2.29. The summed E-state index contributed by atoms with van der Waals surface area (Å²) in [5, 5.41) is 1.65. The Morgan fingerprint density at radius 1 is 1.82 bits per heavy atom. The SMILES string of the molecule is CCOC(=O)C1CCN(N)C1. The van der Waals surface area contributed by atoms with Gasteiger partial charge in [-0.25, -0.2) is 5.01 Å². The molecule has 0 spiro atoms. The van der Waals surface area contributed by atoms with Crippen LogP contribution in [0.4, 0.5) is 0 Å². The third kappa shape index (κ3) is 2.17. The lowest BCUT2D eigenvalue weighted by Gasteiger charge is -2.08. The Bertz CT molecular complexity index is 149. The number of hydrogen-bond acceptors (Lipinski definition) is 4. The van der Waals surface area contributed by atoms with E-state index in [1.54, 1.807) is 5.01 Å². The van der Waals surface area contributed by atoms with Crippen molar-refractivity contribution < 1.29 is 9.53 Å². The molecule has 4 heteroatoms. The van der Waals surface area contributed by atoms with Crippen molar-refractivity contribution >= 4 is 5.97 Å². The van der Waals surface area contributed by atoms with Crippen LogP contribution < -0.4 is 5.84 Å². The van der Waals surface area contributed by atoms with Gasteiger partial charge in [0.1, 0.15) is 0 Å². The number of nitrogens with two attached hydrogens (primary N) is 1. The molecule has 64 valence electrons. The van der Waals surface area contributed by atoms with E-state index in [2.05, 4.69) is 0 Å². The molecule has 1 fully saturated rings. The fourth-order valence-electron chi connectivity index (χ4n) is 1.24. The van der Waals surface area contributed by atoms with Crippen LogP contribution in [0.3, 0.4) is 0 Å². The predicted octanol–water partition coefficient (Wildman–Crippen LogP) is -0.255. The zero-order valence-corrected chi connectivity index (χ0v) is 6.75. The van der Waals surface area contributed by atoms with E-state index in [9.17, 15) is 4.79 Å². The molecule has 1 aliphatic heterocycles. The molecule has 0 aromatic carbocycles. The van der Waals surface area contributed by atoms with Crippen LogP contribution in [0, 0.1) is 5.92 Å². The molecule has 0 bridgehead atoms. The summed E-state index contributed by atoms with van der Waals surface area (Å²) >= 11 is 0. The van der Waals surface area contributed by atoms with Gasteiger partial charge in [0, 0.05) is 13.1 Å². The Kier molecular flexibility index (Phi) is 2.84. The standard InChI is InChI=1S/C7H14N2O2/c1-2-11-7(10)6-3-4-9(8)5-6/h6H,2-5,8H2,1H3. The molecule has 1 atom stereocenters. The summed E-state index contributed by atoms with van der Waals surface area (Å²) < 4.78 is 4.85. The fraction of sp³-hybridized carbons (Fsp3) is 0.857. The van der Waals surface area contributed by atoms with Crippen molar-refractivity contribution in [2.45, 2.75) is 13.3 Å². The van der Waals surface area contributed by atoms with Gasteiger partial charge in [0.2, 0.25) is 0 Å². The van der Waals surface area contributed by atoms with Crippen molar-refractivity contribution in [3.05, 3.63) is 0 Å². The average molecular weight is 158 g/mol. The summed E-state index contributed by atoms with van der Waals surface area (Å²) in [6, 6.07) is 0. The summed E-state index contributed by atoms with van der Waals surface area (Å²) in [6.07, 6.45) is 0.829. The van der Waals surface area contributed by atoms with E-state index in [1.807, 2.05) is 6.92 Å². The van der Waals surface area contributed by atoms with Gasteiger partial charge in [-0.1, -0.05) is 0 Å². The number of hydrazine groups is 1. The zero-order chi connectivity index (χ0) is 8.27. The maximum absolute atomic E-state index is 11.1. The van der Waals surface area contributed by atoms with Crippen molar-refractivity contribution in [1.29, 1.82) is 0 Å². The third-order valence-corrected chi connectivity index (χ3v) is 1.84. The van der Waals surface area contributed by atoms with Gasteiger partial charge in [0.25, 0.3) is 0 Å². The van der Waals surface area contributed by atoms with Gasteiger partial charge in [0.15, 0.2) is 0 Å². The smallest absolute Gasteiger partial charge is 0.310 e. The number of rotatable bonds is 2. The van der Waals surface area contributed by atoms with Crippen LogP contribution >= 0.6 is 0 Å². The Morgan fingerprint density at radius 2 is 2.55 bits per heavy atom. The maximum Gasteiger partial charge on any atom is 0.310 e. The molecule has 1 rings (SSSR count). The van der Waals surface area contributed by atoms with E-state index in [0.29, 0.717) is 13.2 Å². The maximum atomic E-state index is 11.1. The van der Waals surface area contributed by atoms with Gasteiger partial charge in [-0.3, -0.25) is 10.6 Å². The van der Waals surface area contributed by atoms with E-state index < -0.39 is 0 Å². The minimum atomic E-state index is -0.111. The lowest BCUT2D eigenvalue weighted by molar-refractivity contribution is -0.147. The molecule has 0 saturated carbocycles. The van der Waals surface area contributed by atoms with Crippen LogP contribution in [-0.4, -0.2) is 30.7 Å². The van der Waals surface area contributed by atoms with E-state index >= 15 is 0 Å². The largest absolute Gasteiger partial charge is 0.466 e. The second-order valence-corrected chi connectivity index (χ2v) is 2.73. The highest BCUT2D eigenvalue weighted by Crippen LogP contribution is 2.14. The molecule has 1 unspecified atom stereocenters. The average Bonchev–Trinajstić information content (AvgIpc) is 2.36. The molecular weight excluding hydrogens is 144 g/mol. The van der Waals surface area contributed by atoms with Gasteiger partial charge in [-0.05, 0) is 13.3 Å². The molecular formula is C7H14N2O2. The second kappa shape index (κ2) is 3.69. The molecule has 0 aromatic heterocycles. The van der Waals surface area contributed by atoms with E-state index in [1.165, 1.54) is 0 Å². The Morgan fingerprint density at radius 3 is 3.00 bits per heavy atom. The molecule has 0 aromatic rings. The number of nitrogens with zero attached hydrogens (tertiary/aromatic N) is 1. The first-order chi connectivity index (χ1) is 5.24. The highest BCUT2D eigenvalue weighted by Gasteiger charge is 2.27. The van der Waals surface area contributed by atoms with E-state index in [-0.39, 0.29) is 11.9 Å². The van der Waals surface area contributed by atoms with Crippen LogP contribution in [0.15, 0.2) is 0 Å². The van der Waals surface area contributed by atoms with Crippen molar-refractivity contribution in [1.82, 2.24) is 5.01 Å². The molecule has 11 heavy (non-hydrogen) atoms. The first-order valence-corrected chi connectivity index (χ1v) is 3.90. The topological polar surface area (TPSA) is 55.6 Å². The number of esters is 1. The molecule has 0 amide bonds. The van der Waals surface area contributed by atoms with E-state index in [4.69, 9.17) is 10.6 Å². The molecule has 0 radical (unpaired) electrons. The molecule has 2 N–H and O–H groups in total. The molecule has 1 heterocycles. The predicted molar refractivity (Wildman–Crippen MR) is 40.5 cm³/mol. The van der Waals surface area contributed by atoms with E-state index in [0.717, 1.165) is 13.0 Å². The van der Waals surface area contributed by atoms with Crippen LogP contribution in [0.25, 0.3) is 0 Å². The minimum absolute atomic E-state index is 0.0000463. The first-order valence-electron chi connectivity index (χ1n) is 3.90. The van der Waals surface area contributed by atoms with Crippen LogP contribution in [0.2, 0.25) is 0 Å². The van der Waals surface area contributed by atoms with Gasteiger partial charge in [-0.15, -0.1) is 0 Å². The number of carbonyl (C=O) groups is 1. The van der Waals surface area contributed by atoms with Crippen molar-refractivity contribution in [2.75, 3.05) is 19.7 Å². The van der Waals surface area contributed by atoms with Gasteiger partial charge in [0.05, 0.1) is 12.5 Å². The van der Waals surface area contributed by atoms with Gasteiger partial charge >= 0.3 is 5.97 Å². The summed E-state index contributed by atoms with van der Waals surface area (Å²) in [5.41, 5.74) is 0. The Labute approximate surface area is 66.3 Å². The van der Waals surface area contributed by atoms with Crippen LogP contribution in [0.1, 0.15) is 13.3 Å². The molecule has 1 aliphatic rings. The second-order valence-electron chi connectivity index (χ2n) is 2.73. The quantitative estimate of drug-likeness (QED) is 0.444. The summed E-state index contributed by atoms with van der Waals surface area (Å²) in [4.78, 5) is 11.1. The van der Waals surface area contributed by atoms with Crippen molar-refractivity contribution in [2.24, 2.45) is 11.8 Å². The number of hydrogen-bond donors (Lipinski definition) is 1. The van der Waals surface area contributed by atoms with Crippen LogP contribution in [-0.2, 0) is 9.53 Å². The molecule has 1 saturated heterocycles. The molecule has 0 aliphatic carbocycles. The fourth-order valence-corrected chi connectivity index (χ4v) is 1.24. The van der Waals surface area contributed by atoms with Crippen molar-refractivity contribution in [3.8, 4) is 0 Å². The van der Waals surface area contributed by atoms with Crippen molar-refractivity contribution in [3.63, 3.8) is 0 Å². The summed E-state index contributed by atoms with van der Waals surface area (Å²) in [7, 11) is 0. The Hall–Kier alpha value is -0.610. The summed E-state index contributed by atoms with van der Waals surface area (Å²) in [6.45, 7) is 3.70. The monoisotopic (exact) mass is 158 g/mol. The number of carbonyl (C=O) groups excluding carboxylic acids is 1. The Balaban J connectivity index is 2.31. The van der Waals surface area contributed by atoms with Gasteiger partial charge < -0.3 is 4.74 Å². The first kappa shape index (κ1) is 8.49. The van der Waals surface area contributed by atoms with Crippen LogP contribution in [0.5, 0.6) is 0 Å². The highest BCUT2D eigenvalue weighted by atomic mass is 16.5. The third-order valence-electron chi connectivity index (χ3n) is 1.84. The minimum Gasteiger partial charge on any atom is -0.466 e. The lowest BCUT2D eigenvalue weighted by atomic mass is 10.1. The van der Waals surface area contributed by atoms with Gasteiger partial charge in [-0.2, -0.15) is 0 Å². The number of ether oxygens (including phenoxy) is 1. The normalized spacial score (nSPS) is 25.5. The zero-order valence-electron chi connectivity index (χ0n) is 6.75. The summed E-state index contributed by atoms with van der Waals surface area (Å²) in [5.74, 6) is 5.37.